The Kier molecular flexibility index (Phi) is 5.11. The van der Waals surface area contributed by atoms with Gasteiger partial charge < -0.3 is 14.6 Å². The van der Waals surface area contributed by atoms with Crippen LogP contribution in [0.1, 0.15) is 38.1 Å². The van der Waals surface area contributed by atoms with Crippen LogP contribution >= 0.6 is 0 Å². The number of nitrogens with one attached hydrogen (secondary N) is 1. The van der Waals surface area contributed by atoms with Crippen molar-refractivity contribution in [1.29, 1.82) is 0 Å². The Morgan fingerprint density at radius 1 is 1.37 bits per heavy atom. The van der Waals surface area contributed by atoms with Crippen LogP contribution in [0.25, 0.3) is 0 Å². The topological polar surface area (TPSA) is 58.4 Å². The van der Waals surface area contributed by atoms with E-state index in [-0.39, 0.29) is 17.7 Å². The van der Waals surface area contributed by atoms with E-state index in [4.69, 9.17) is 4.42 Å². The zero-order valence-electron chi connectivity index (χ0n) is 12.8. The van der Waals surface area contributed by atoms with Crippen molar-refractivity contribution in [3.05, 3.63) is 17.3 Å². The van der Waals surface area contributed by atoms with E-state index in [0.717, 1.165) is 12.2 Å². The van der Waals surface area contributed by atoms with E-state index in [1.165, 1.54) is 0 Å². The first-order valence-corrected chi connectivity index (χ1v) is 6.58. The van der Waals surface area contributed by atoms with Gasteiger partial charge in [0, 0.05) is 18.5 Å². The van der Waals surface area contributed by atoms with Crippen molar-refractivity contribution in [2.75, 3.05) is 27.2 Å². The zero-order chi connectivity index (χ0) is 14.6. The highest BCUT2D eigenvalue weighted by molar-refractivity contribution is 5.78. The number of oxazole rings is 1. The summed E-state index contributed by atoms with van der Waals surface area (Å²) in [6.07, 6.45) is 0.252. The van der Waals surface area contributed by atoms with Crippen molar-refractivity contribution in [3.8, 4) is 0 Å². The molecule has 0 aliphatic rings. The number of rotatable bonds is 5. The molecule has 1 aromatic heterocycles. The number of amides is 1. The van der Waals surface area contributed by atoms with Crippen LogP contribution in [0.5, 0.6) is 0 Å². The van der Waals surface area contributed by atoms with E-state index in [1.54, 1.807) is 0 Å². The van der Waals surface area contributed by atoms with E-state index >= 15 is 0 Å². The highest BCUT2D eigenvalue weighted by Gasteiger charge is 2.23. The van der Waals surface area contributed by atoms with Gasteiger partial charge in [-0.2, -0.15) is 0 Å². The number of carbonyl (C=O) groups excluding carboxylic acids is 1. The van der Waals surface area contributed by atoms with Gasteiger partial charge in [-0.25, -0.2) is 4.98 Å². The first-order valence-electron chi connectivity index (χ1n) is 6.58. The number of nitrogens with zero attached hydrogens (tertiary/aromatic N) is 2. The molecule has 1 aromatic rings. The number of likely N-dealkylation sites (N-methyl/N-ethyl adjacent to an activating group) is 1. The minimum absolute atomic E-state index is 0.0263. The number of carbonyl (C=O) groups is 1. The first kappa shape index (κ1) is 15.7. The molecule has 0 saturated heterocycles. The molecule has 1 heterocycles. The van der Waals surface area contributed by atoms with Crippen molar-refractivity contribution in [1.82, 2.24) is 15.2 Å². The lowest BCUT2D eigenvalue weighted by atomic mass is 9.97. The summed E-state index contributed by atoms with van der Waals surface area (Å²) >= 11 is 0. The van der Waals surface area contributed by atoms with E-state index in [2.05, 4.69) is 10.3 Å². The summed E-state index contributed by atoms with van der Waals surface area (Å²) in [4.78, 5) is 18.2. The summed E-state index contributed by atoms with van der Waals surface area (Å²) in [6, 6.07) is 0. The van der Waals surface area contributed by atoms with Crippen LogP contribution in [0.2, 0.25) is 0 Å². The lowest BCUT2D eigenvalue weighted by molar-refractivity contribution is -0.120. The molecule has 108 valence electrons. The van der Waals surface area contributed by atoms with Gasteiger partial charge in [-0.3, -0.25) is 4.79 Å². The fourth-order valence-electron chi connectivity index (χ4n) is 1.54. The molecule has 0 aliphatic heterocycles. The summed E-state index contributed by atoms with van der Waals surface area (Å²) in [7, 11) is 3.95. The fraction of sp³-hybridized carbons (Fsp3) is 0.714. The number of aromatic nitrogens is 1. The summed E-state index contributed by atoms with van der Waals surface area (Å²) < 4.78 is 5.69. The number of aryl methyl sites for hydroxylation is 1. The van der Waals surface area contributed by atoms with Crippen LogP contribution < -0.4 is 5.32 Å². The summed E-state index contributed by atoms with van der Waals surface area (Å²) in [5, 5.41) is 2.87. The standard InChI is InChI=1S/C14H25N3O2/c1-10-11(19-13(16-10)14(2,3)4)9-12(18)15-7-8-17(5)6/h7-9H2,1-6H3,(H,15,18). The lowest BCUT2D eigenvalue weighted by Gasteiger charge is -2.12. The van der Waals surface area contributed by atoms with Crippen LogP contribution in [-0.4, -0.2) is 43.0 Å². The maximum Gasteiger partial charge on any atom is 0.227 e. The summed E-state index contributed by atoms with van der Waals surface area (Å²) in [5.41, 5.74) is 0.664. The molecule has 0 bridgehead atoms. The van der Waals surface area contributed by atoms with Gasteiger partial charge in [0.15, 0.2) is 5.89 Å². The number of hydrogen-bond acceptors (Lipinski definition) is 4. The maximum atomic E-state index is 11.8. The molecular formula is C14H25N3O2. The Morgan fingerprint density at radius 2 is 2.00 bits per heavy atom. The molecule has 0 fully saturated rings. The second-order valence-corrected chi connectivity index (χ2v) is 6.11. The maximum absolute atomic E-state index is 11.8. The molecule has 1 N–H and O–H groups in total. The third-order valence-corrected chi connectivity index (χ3v) is 2.74. The largest absolute Gasteiger partial charge is 0.444 e. The Hall–Kier alpha value is -1.36. The molecule has 0 spiro atoms. The van der Waals surface area contributed by atoms with Gasteiger partial charge in [0.2, 0.25) is 5.91 Å². The normalized spacial score (nSPS) is 11.9. The van der Waals surface area contributed by atoms with Crippen LogP contribution in [0, 0.1) is 6.92 Å². The quantitative estimate of drug-likeness (QED) is 0.878. The SMILES string of the molecule is Cc1nc(C(C)(C)C)oc1CC(=O)NCCN(C)C. The molecule has 5 heteroatoms. The summed E-state index contributed by atoms with van der Waals surface area (Å²) in [6.45, 7) is 9.47. The summed E-state index contributed by atoms with van der Waals surface area (Å²) in [5.74, 6) is 1.31. The molecule has 0 radical (unpaired) electrons. The van der Waals surface area contributed by atoms with Crippen LogP contribution in [0.3, 0.4) is 0 Å². The fourth-order valence-corrected chi connectivity index (χ4v) is 1.54. The molecule has 5 nitrogen and oxygen atoms in total. The third-order valence-electron chi connectivity index (χ3n) is 2.74. The second kappa shape index (κ2) is 6.19. The van der Waals surface area contributed by atoms with Gasteiger partial charge in [0.1, 0.15) is 5.76 Å². The van der Waals surface area contributed by atoms with E-state index < -0.39 is 0 Å². The molecular weight excluding hydrogens is 242 g/mol. The van der Waals surface area contributed by atoms with Gasteiger partial charge in [-0.05, 0) is 21.0 Å². The van der Waals surface area contributed by atoms with Crippen molar-refractivity contribution >= 4 is 5.91 Å². The molecule has 1 amide bonds. The Labute approximate surface area is 115 Å². The van der Waals surface area contributed by atoms with Gasteiger partial charge in [0.25, 0.3) is 0 Å². The van der Waals surface area contributed by atoms with Crippen LogP contribution in [0.15, 0.2) is 4.42 Å². The highest BCUT2D eigenvalue weighted by atomic mass is 16.4. The minimum Gasteiger partial charge on any atom is -0.444 e. The van der Waals surface area contributed by atoms with E-state index in [0.29, 0.717) is 18.2 Å². The van der Waals surface area contributed by atoms with Gasteiger partial charge in [-0.15, -0.1) is 0 Å². The van der Waals surface area contributed by atoms with Crippen molar-refractivity contribution < 1.29 is 9.21 Å². The Bertz CT molecular complexity index is 430. The van der Waals surface area contributed by atoms with Crippen molar-refractivity contribution in [3.63, 3.8) is 0 Å². The first-order chi connectivity index (χ1) is 8.70. The molecule has 0 saturated carbocycles. The van der Waals surface area contributed by atoms with Gasteiger partial charge >= 0.3 is 0 Å². The van der Waals surface area contributed by atoms with Gasteiger partial charge in [-0.1, -0.05) is 20.8 Å². The Balaban J connectivity index is 2.57. The van der Waals surface area contributed by atoms with Crippen molar-refractivity contribution in [2.45, 2.75) is 39.5 Å². The van der Waals surface area contributed by atoms with Crippen LogP contribution in [0.4, 0.5) is 0 Å². The molecule has 0 aromatic carbocycles. The predicted molar refractivity (Wildman–Crippen MR) is 75.2 cm³/mol. The third kappa shape index (κ3) is 5.03. The molecule has 0 atom stereocenters. The minimum atomic E-state index is -0.135. The zero-order valence-corrected chi connectivity index (χ0v) is 12.8. The molecule has 19 heavy (non-hydrogen) atoms. The van der Waals surface area contributed by atoms with E-state index in [1.807, 2.05) is 46.7 Å². The average Bonchev–Trinajstić information content (AvgIpc) is 2.59. The molecule has 1 rings (SSSR count). The second-order valence-electron chi connectivity index (χ2n) is 6.11. The van der Waals surface area contributed by atoms with Crippen LogP contribution in [-0.2, 0) is 16.6 Å². The smallest absolute Gasteiger partial charge is 0.227 e. The van der Waals surface area contributed by atoms with Crippen molar-refractivity contribution in [2.24, 2.45) is 0 Å². The number of hydrogen-bond donors (Lipinski definition) is 1. The molecule has 0 aliphatic carbocycles. The highest BCUT2D eigenvalue weighted by Crippen LogP contribution is 2.23. The average molecular weight is 267 g/mol. The van der Waals surface area contributed by atoms with Gasteiger partial charge in [0.05, 0.1) is 12.1 Å². The lowest BCUT2D eigenvalue weighted by Crippen LogP contribution is -2.32. The monoisotopic (exact) mass is 267 g/mol. The Morgan fingerprint density at radius 3 is 2.47 bits per heavy atom. The van der Waals surface area contributed by atoms with E-state index in [9.17, 15) is 4.79 Å². The molecule has 0 unspecified atom stereocenters. The predicted octanol–water partition coefficient (Wildman–Crippen LogP) is 1.50.